The predicted octanol–water partition coefficient (Wildman–Crippen LogP) is 0.810. The van der Waals surface area contributed by atoms with Crippen LogP contribution in [-0.2, 0) is 18.3 Å². The lowest BCUT2D eigenvalue weighted by Crippen LogP contribution is -2.45. The van der Waals surface area contributed by atoms with E-state index >= 15 is 0 Å². The Morgan fingerprint density at radius 3 is 2.55 bits per heavy atom. The largest absolute Gasteiger partial charge is 0.395 e. The molecule has 218 valence electrons. The highest BCUT2D eigenvalue weighted by Gasteiger charge is 2.25. The van der Waals surface area contributed by atoms with Gasteiger partial charge in [-0.05, 0) is 12.8 Å². The van der Waals surface area contributed by atoms with Crippen LogP contribution in [0.3, 0.4) is 0 Å². The second-order valence-electron chi connectivity index (χ2n) is 10.8. The molecule has 2 aliphatic heterocycles. The molecular formula is C27H33N13O2. The molecule has 2 saturated heterocycles. The maximum atomic E-state index is 9.18. The van der Waals surface area contributed by atoms with Crippen molar-refractivity contribution in [3.05, 3.63) is 43.4 Å². The fourth-order valence-electron chi connectivity index (χ4n) is 5.64. The molecule has 1 N–H and O–H groups in total. The average molecular weight is 572 g/mol. The van der Waals surface area contributed by atoms with E-state index in [1.165, 1.54) is 0 Å². The molecule has 7 rings (SSSR count). The number of likely N-dealkylation sites (tertiary alicyclic amines) is 1. The normalized spacial score (nSPS) is 18.7. The van der Waals surface area contributed by atoms with E-state index < -0.39 is 0 Å². The first kappa shape index (κ1) is 26.6. The summed E-state index contributed by atoms with van der Waals surface area (Å²) in [6.07, 6.45) is 14.9. The molecule has 5 aromatic heterocycles. The number of hydrogen-bond acceptors (Lipinski definition) is 12. The van der Waals surface area contributed by atoms with Crippen LogP contribution in [0, 0.1) is 0 Å². The molecule has 15 heteroatoms. The molecule has 42 heavy (non-hydrogen) atoms. The van der Waals surface area contributed by atoms with Crippen LogP contribution in [0.5, 0.6) is 0 Å². The Morgan fingerprint density at radius 2 is 1.76 bits per heavy atom. The van der Waals surface area contributed by atoms with E-state index in [0.717, 1.165) is 49.2 Å². The lowest BCUT2D eigenvalue weighted by atomic mass is 10.1. The number of β-amino-alcohol motifs (C(OH)–C–C–N with tert-alkyl or cyclic N) is 1. The summed E-state index contributed by atoms with van der Waals surface area (Å²) in [6, 6.07) is 0.370. The Balaban J connectivity index is 1.00. The number of anilines is 1. The van der Waals surface area contributed by atoms with Crippen molar-refractivity contribution >= 4 is 17.2 Å². The Hall–Kier alpha value is -4.34. The Labute approximate surface area is 241 Å². The lowest BCUT2D eigenvalue weighted by molar-refractivity contribution is 0.0273. The first-order valence-electron chi connectivity index (χ1n) is 14.2. The SMILES string of the molecule is Cn1cc(-c2cnc3nnn(CC4CN(c5ncc(-c6cnn(C7CCN(CCO)CC7)c6)cn5)CCO4)c3n2)cn1. The predicted molar refractivity (Wildman–Crippen MR) is 152 cm³/mol. The minimum atomic E-state index is -0.141. The van der Waals surface area contributed by atoms with E-state index in [9.17, 15) is 5.11 Å². The highest BCUT2D eigenvalue weighted by Crippen LogP contribution is 2.26. The molecule has 2 aliphatic rings. The maximum absolute atomic E-state index is 9.18. The molecule has 5 aromatic rings. The third kappa shape index (κ3) is 5.45. The van der Waals surface area contributed by atoms with E-state index in [2.05, 4.69) is 56.1 Å². The van der Waals surface area contributed by atoms with Gasteiger partial charge in [-0.1, -0.05) is 5.21 Å². The first-order chi connectivity index (χ1) is 20.6. The number of ether oxygens (including phenoxy) is 1. The van der Waals surface area contributed by atoms with Crippen molar-refractivity contribution in [1.29, 1.82) is 0 Å². The zero-order chi connectivity index (χ0) is 28.5. The summed E-state index contributed by atoms with van der Waals surface area (Å²) in [5, 5.41) is 26.5. The monoisotopic (exact) mass is 571 g/mol. The number of nitrogens with zero attached hydrogens (tertiary/aromatic N) is 13. The van der Waals surface area contributed by atoms with E-state index in [-0.39, 0.29) is 12.7 Å². The number of aliphatic hydroxyl groups is 1. The van der Waals surface area contributed by atoms with Gasteiger partial charge in [-0.25, -0.2) is 24.6 Å². The number of aliphatic hydroxyl groups excluding tert-OH is 1. The summed E-state index contributed by atoms with van der Waals surface area (Å²) in [4.78, 5) is 23.0. The van der Waals surface area contributed by atoms with Crippen molar-refractivity contribution in [2.45, 2.75) is 31.5 Å². The molecule has 7 heterocycles. The molecule has 0 spiro atoms. The van der Waals surface area contributed by atoms with E-state index in [4.69, 9.17) is 9.72 Å². The second-order valence-corrected chi connectivity index (χ2v) is 10.8. The summed E-state index contributed by atoms with van der Waals surface area (Å²) in [6.45, 7) is 5.25. The molecule has 2 fully saturated rings. The highest BCUT2D eigenvalue weighted by molar-refractivity contribution is 5.69. The van der Waals surface area contributed by atoms with Gasteiger partial charge in [-0.15, -0.1) is 5.10 Å². The number of rotatable bonds is 8. The number of fused-ring (bicyclic) bond motifs is 1. The van der Waals surface area contributed by atoms with Gasteiger partial charge in [0.1, 0.15) is 0 Å². The van der Waals surface area contributed by atoms with Crippen LogP contribution >= 0.6 is 0 Å². The summed E-state index contributed by atoms with van der Waals surface area (Å²) < 4.78 is 11.6. The smallest absolute Gasteiger partial charge is 0.225 e. The Morgan fingerprint density at radius 1 is 0.929 bits per heavy atom. The number of hydrogen-bond donors (Lipinski definition) is 1. The zero-order valence-electron chi connectivity index (χ0n) is 23.4. The van der Waals surface area contributed by atoms with Gasteiger partial charge in [-0.2, -0.15) is 10.2 Å². The molecule has 0 bridgehead atoms. The maximum Gasteiger partial charge on any atom is 0.225 e. The van der Waals surface area contributed by atoms with E-state index in [1.54, 1.807) is 21.8 Å². The van der Waals surface area contributed by atoms with Crippen molar-refractivity contribution in [2.24, 2.45) is 7.05 Å². The van der Waals surface area contributed by atoms with Gasteiger partial charge in [0.05, 0.1) is 56.2 Å². The van der Waals surface area contributed by atoms with Crippen LogP contribution in [0.1, 0.15) is 18.9 Å². The first-order valence-corrected chi connectivity index (χ1v) is 14.2. The molecule has 0 aromatic carbocycles. The van der Waals surface area contributed by atoms with E-state index in [1.807, 2.05) is 31.8 Å². The van der Waals surface area contributed by atoms with Gasteiger partial charge in [0.2, 0.25) is 11.6 Å². The fourth-order valence-corrected chi connectivity index (χ4v) is 5.64. The molecule has 0 aliphatic carbocycles. The van der Waals surface area contributed by atoms with Gasteiger partial charge in [0, 0.05) is 81.2 Å². The Bertz CT molecular complexity index is 1640. The number of aromatic nitrogens is 11. The standard InChI is InChI=1S/C27H33N13O2/c1-36-15-21(13-31-36)24-14-28-25-26(33-24)40(35-34-25)18-23-17-38(7-9-42-23)27-29-10-19(11-30-27)20-12-32-39(16-20)22-2-4-37(5-3-22)6-8-41/h10-16,22-23,41H,2-9,17-18H2,1H3. The average Bonchev–Trinajstić information content (AvgIpc) is 3.78. The van der Waals surface area contributed by atoms with Crippen molar-refractivity contribution in [3.8, 4) is 22.4 Å². The van der Waals surface area contributed by atoms with Crippen LogP contribution in [-0.4, -0.2) is 117 Å². The molecule has 0 saturated carbocycles. The van der Waals surface area contributed by atoms with Crippen molar-refractivity contribution in [2.75, 3.05) is 50.8 Å². The molecule has 1 unspecified atom stereocenters. The Kier molecular flexibility index (Phi) is 7.27. The molecular weight excluding hydrogens is 538 g/mol. The molecule has 0 radical (unpaired) electrons. The number of aryl methyl sites for hydroxylation is 1. The number of morpholine rings is 1. The minimum Gasteiger partial charge on any atom is -0.395 e. The van der Waals surface area contributed by atoms with Gasteiger partial charge in [0.25, 0.3) is 0 Å². The highest BCUT2D eigenvalue weighted by atomic mass is 16.5. The summed E-state index contributed by atoms with van der Waals surface area (Å²) in [7, 11) is 1.87. The van der Waals surface area contributed by atoms with Crippen LogP contribution in [0.4, 0.5) is 5.95 Å². The van der Waals surface area contributed by atoms with Crippen molar-refractivity contribution < 1.29 is 9.84 Å². The van der Waals surface area contributed by atoms with Crippen molar-refractivity contribution in [1.82, 2.24) is 59.4 Å². The summed E-state index contributed by atoms with van der Waals surface area (Å²) in [5.41, 5.74) is 4.63. The van der Waals surface area contributed by atoms with Gasteiger partial charge in [-0.3, -0.25) is 9.36 Å². The third-order valence-corrected chi connectivity index (χ3v) is 7.95. The number of piperidine rings is 1. The minimum absolute atomic E-state index is 0.141. The van der Waals surface area contributed by atoms with Crippen LogP contribution < -0.4 is 4.90 Å². The van der Waals surface area contributed by atoms with Gasteiger partial charge in [0.15, 0.2) is 5.65 Å². The molecule has 15 nitrogen and oxygen atoms in total. The van der Waals surface area contributed by atoms with Crippen LogP contribution in [0.2, 0.25) is 0 Å². The van der Waals surface area contributed by atoms with E-state index in [0.29, 0.717) is 55.2 Å². The van der Waals surface area contributed by atoms with Crippen molar-refractivity contribution in [3.63, 3.8) is 0 Å². The molecule has 0 amide bonds. The lowest BCUT2D eigenvalue weighted by Gasteiger charge is -2.32. The quantitative estimate of drug-likeness (QED) is 0.280. The topological polar surface area (TPSA) is 154 Å². The third-order valence-electron chi connectivity index (χ3n) is 7.95. The summed E-state index contributed by atoms with van der Waals surface area (Å²) in [5.74, 6) is 0.665. The van der Waals surface area contributed by atoms with Gasteiger partial charge < -0.3 is 19.6 Å². The summed E-state index contributed by atoms with van der Waals surface area (Å²) >= 11 is 0. The zero-order valence-corrected chi connectivity index (χ0v) is 23.4. The van der Waals surface area contributed by atoms with Crippen LogP contribution in [0.15, 0.2) is 43.4 Å². The molecule has 1 atom stereocenters. The van der Waals surface area contributed by atoms with Crippen LogP contribution in [0.25, 0.3) is 33.7 Å². The van der Waals surface area contributed by atoms with Gasteiger partial charge >= 0.3 is 0 Å². The second kappa shape index (κ2) is 11.5. The fraction of sp³-hybridized carbons (Fsp3) is 0.481.